The van der Waals surface area contributed by atoms with Crippen molar-refractivity contribution in [1.29, 1.82) is 0 Å². The Morgan fingerprint density at radius 3 is 1.83 bits per heavy atom. The van der Waals surface area contributed by atoms with Crippen molar-refractivity contribution in [2.75, 3.05) is 0 Å². The standard InChI is InChI=1S/C14H22O.C5H5.2FH.Ti/c1-13(2,3)10-8-7-9-11(12(10)15)14(4,5)6;1-2-4-5-3-1;;;/h7-9,15H,1-6H3;1-3H,4H2;2*1H;/q;;;;+1/p-1. The van der Waals surface area contributed by atoms with Gasteiger partial charge in [0.1, 0.15) is 0 Å². The molecule has 1 aliphatic rings. The van der Waals surface area contributed by atoms with Gasteiger partial charge in [-0.15, -0.1) is 0 Å². The van der Waals surface area contributed by atoms with Gasteiger partial charge in [-0.25, -0.2) is 0 Å². The molecule has 0 saturated heterocycles. The van der Waals surface area contributed by atoms with Crippen LogP contribution in [0.5, 0.6) is 5.75 Å². The van der Waals surface area contributed by atoms with Crippen molar-refractivity contribution in [1.82, 2.24) is 0 Å². The first-order valence-electron chi connectivity index (χ1n) is 7.62. The van der Waals surface area contributed by atoms with Crippen LogP contribution in [0.4, 0.5) is 9.41 Å². The summed E-state index contributed by atoms with van der Waals surface area (Å²) in [6.45, 7) is 13.6. The molecule has 0 aliphatic heterocycles. The van der Waals surface area contributed by atoms with E-state index < -0.39 is 19.5 Å². The summed E-state index contributed by atoms with van der Waals surface area (Å²) < 4.78 is 7.89. The Morgan fingerprint density at radius 2 is 1.43 bits per heavy atom. The molecule has 0 atom stereocenters. The minimum Gasteiger partial charge on any atom is -0.269 e. The number of hydrogen-bond acceptors (Lipinski definition) is 1. The second-order valence-corrected chi connectivity index (χ2v) is 9.35. The normalized spacial score (nSPS) is 13.7. The maximum Gasteiger partial charge on any atom is -0.269 e. The minimum absolute atomic E-state index is 0. The molecule has 0 spiro atoms. The summed E-state index contributed by atoms with van der Waals surface area (Å²) in [7, 11) is 0. The van der Waals surface area contributed by atoms with Crippen molar-refractivity contribution in [2.24, 2.45) is 0 Å². The Balaban J connectivity index is 0.00000242. The van der Waals surface area contributed by atoms with Crippen molar-refractivity contribution in [3.8, 4) is 5.75 Å². The molecule has 0 heterocycles. The number of benzene rings is 1. The molecule has 0 radical (unpaired) electrons. The molecule has 0 N–H and O–H groups in total. The summed E-state index contributed by atoms with van der Waals surface area (Å²) in [6.07, 6.45) is 7.64. The van der Waals surface area contributed by atoms with E-state index in [0.29, 0.717) is 0 Å². The van der Waals surface area contributed by atoms with Crippen LogP contribution in [-0.2, 0) is 30.4 Å². The molecule has 1 aromatic carbocycles. The molecule has 128 valence electrons. The molecular weight excluding hydrogens is 330 g/mol. The van der Waals surface area contributed by atoms with Crippen LogP contribution in [0.3, 0.4) is 0 Å². The second-order valence-electron chi connectivity index (χ2n) is 7.71. The van der Waals surface area contributed by atoms with Gasteiger partial charge in [0.2, 0.25) is 0 Å². The molecule has 0 fully saturated rings. The largest absolute Gasteiger partial charge is 0.269 e. The topological polar surface area (TPSA) is 9.23 Å². The molecule has 0 unspecified atom stereocenters. The van der Waals surface area contributed by atoms with E-state index in [1.165, 1.54) is 15.0 Å². The first kappa shape index (κ1) is 22.1. The van der Waals surface area contributed by atoms with Gasteiger partial charge in [0.15, 0.2) is 0 Å². The van der Waals surface area contributed by atoms with Crippen LogP contribution in [0, 0.1) is 0 Å². The number of halogens is 2. The van der Waals surface area contributed by atoms with Crippen LogP contribution < -0.4 is 3.32 Å². The molecule has 4 heteroatoms. The molecule has 1 nitrogen and oxygen atoms in total. The minimum atomic E-state index is -0.535. The van der Waals surface area contributed by atoms with Crippen LogP contribution >= 0.6 is 0 Å². The van der Waals surface area contributed by atoms with E-state index in [4.69, 9.17) is 3.32 Å². The van der Waals surface area contributed by atoms with E-state index >= 15 is 0 Å². The SMILES string of the molecule is CC(C)(C)c1cccc(C(C)(C)C)c1[O][Ti][C]1=CC=CC1.F.F. The van der Waals surface area contributed by atoms with Gasteiger partial charge < -0.3 is 0 Å². The quantitative estimate of drug-likeness (QED) is 0.620. The maximum absolute atomic E-state index is 6.42. The fourth-order valence-electron chi connectivity index (χ4n) is 2.47. The van der Waals surface area contributed by atoms with E-state index in [0.717, 1.165) is 12.2 Å². The Labute approximate surface area is 148 Å². The molecule has 1 aromatic rings. The van der Waals surface area contributed by atoms with Gasteiger partial charge in [-0.2, -0.15) is 0 Å². The van der Waals surface area contributed by atoms with Crippen molar-refractivity contribution in [2.45, 2.75) is 58.8 Å². The average Bonchev–Trinajstić information content (AvgIpc) is 2.86. The van der Waals surface area contributed by atoms with E-state index in [1.54, 1.807) is 0 Å². The first-order valence-corrected chi connectivity index (χ1v) is 9.04. The Kier molecular flexibility index (Phi) is 7.92. The average molecular weight is 358 g/mol. The van der Waals surface area contributed by atoms with E-state index in [1.807, 2.05) is 0 Å². The smallest absolute Gasteiger partial charge is 0.269 e. The number of hydrogen-bond donors (Lipinski definition) is 0. The second kappa shape index (κ2) is 8.26. The Morgan fingerprint density at radius 1 is 0.913 bits per heavy atom. The maximum atomic E-state index is 6.42. The van der Waals surface area contributed by atoms with Gasteiger partial charge in [0, 0.05) is 0 Å². The summed E-state index contributed by atoms with van der Waals surface area (Å²) in [6, 6.07) is 6.61. The molecule has 0 saturated carbocycles. The molecule has 0 amide bonds. The van der Waals surface area contributed by atoms with Gasteiger partial charge in [-0.3, -0.25) is 9.41 Å². The van der Waals surface area contributed by atoms with E-state index in [2.05, 4.69) is 78.0 Å². The molecule has 2 rings (SSSR count). The van der Waals surface area contributed by atoms with Crippen molar-refractivity contribution >= 4 is 0 Å². The molecule has 0 aromatic heterocycles. The zero-order chi connectivity index (χ0) is 15.7. The Hall–Kier alpha value is -0.926. The van der Waals surface area contributed by atoms with Gasteiger partial charge in [0.05, 0.1) is 0 Å². The molecule has 1 aliphatic carbocycles. The van der Waals surface area contributed by atoms with Gasteiger partial charge in [-0.05, 0) is 0 Å². The predicted octanol–water partition coefficient (Wildman–Crippen LogP) is 5.81. The monoisotopic (exact) mass is 358 g/mol. The summed E-state index contributed by atoms with van der Waals surface area (Å²) in [5.41, 5.74) is 2.85. The summed E-state index contributed by atoms with van der Waals surface area (Å²) >= 11 is -0.535. The third kappa shape index (κ3) is 5.58. The summed E-state index contributed by atoms with van der Waals surface area (Å²) in [5.74, 6) is 1.13. The fourth-order valence-corrected chi connectivity index (χ4v) is 3.75. The fraction of sp³-hybridized carbons (Fsp3) is 0.474. The van der Waals surface area contributed by atoms with Crippen LogP contribution in [0.15, 0.2) is 40.3 Å². The van der Waals surface area contributed by atoms with Gasteiger partial charge in [-0.1, -0.05) is 0 Å². The predicted molar refractivity (Wildman–Crippen MR) is 91.3 cm³/mol. The number of para-hydroxylation sites is 1. The van der Waals surface area contributed by atoms with Crippen molar-refractivity contribution < 1.29 is 32.3 Å². The van der Waals surface area contributed by atoms with Crippen molar-refractivity contribution in [3.63, 3.8) is 0 Å². The third-order valence-electron chi connectivity index (χ3n) is 3.69. The molecule has 23 heavy (non-hydrogen) atoms. The zero-order valence-corrected chi connectivity index (χ0v) is 16.5. The van der Waals surface area contributed by atoms with E-state index in [-0.39, 0.29) is 20.2 Å². The van der Waals surface area contributed by atoms with Crippen LogP contribution in [0.2, 0.25) is 0 Å². The Bertz CT molecular complexity index is 546. The number of rotatable bonds is 3. The van der Waals surface area contributed by atoms with Gasteiger partial charge in [0.25, 0.3) is 0 Å². The summed E-state index contributed by atoms with van der Waals surface area (Å²) in [5, 5.41) is 0. The molecule has 0 bridgehead atoms. The third-order valence-corrected chi connectivity index (χ3v) is 5.15. The van der Waals surface area contributed by atoms with Gasteiger partial charge >= 0.3 is 139 Å². The summed E-state index contributed by atoms with van der Waals surface area (Å²) in [4.78, 5) is 0. The first-order chi connectivity index (χ1) is 9.69. The number of allylic oxidation sites excluding steroid dienone is 4. The van der Waals surface area contributed by atoms with Crippen molar-refractivity contribution in [3.05, 3.63) is 51.4 Å². The molecular formula is C19H28F2OTi. The van der Waals surface area contributed by atoms with Crippen LogP contribution in [0.25, 0.3) is 0 Å². The van der Waals surface area contributed by atoms with Crippen LogP contribution in [-0.4, -0.2) is 0 Å². The van der Waals surface area contributed by atoms with E-state index in [9.17, 15) is 0 Å². The van der Waals surface area contributed by atoms with Crippen LogP contribution in [0.1, 0.15) is 59.1 Å². The zero-order valence-electron chi connectivity index (χ0n) is 14.9.